The van der Waals surface area contributed by atoms with Crippen molar-refractivity contribution in [3.05, 3.63) is 0 Å². The van der Waals surface area contributed by atoms with Crippen LogP contribution in [0.1, 0.15) is 33.1 Å². The second kappa shape index (κ2) is 4.81. The van der Waals surface area contributed by atoms with E-state index in [-0.39, 0.29) is 12.8 Å². The van der Waals surface area contributed by atoms with Gasteiger partial charge < -0.3 is 5.11 Å². The van der Waals surface area contributed by atoms with Crippen molar-refractivity contribution < 1.29 is 31.4 Å². The van der Waals surface area contributed by atoms with Crippen molar-refractivity contribution in [1.29, 1.82) is 0 Å². The van der Waals surface area contributed by atoms with Crippen LogP contribution in [0.2, 0.25) is 0 Å². The molecule has 1 N–H and O–H groups in total. The Morgan fingerprint density at radius 2 is 1.19 bits per heavy atom. The van der Waals surface area contributed by atoms with Gasteiger partial charge in [0, 0.05) is 0 Å². The first-order valence-electron chi connectivity index (χ1n) is 4.85. The molecule has 0 unspecified atom stereocenters. The summed E-state index contributed by atoms with van der Waals surface area (Å²) in [6, 6.07) is 0. The van der Waals surface area contributed by atoms with Crippen molar-refractivity contribution in [3.8, 4) is 0 Å². The topological polar surface area (TPSA) is 20.2 Å². The first-order chi connectivity index (χ1) is 6.99. The monoisotopic (exact) mass is 252 g/mol. The van der Waals surface area contributed by atoms with Gasteiger partial charge in [-0.1, -0.05) is 26.7 Å². The van der Waals surface area contributed by atoms with Crippen LogP contribution in [0.5, 0.6) is 0 Å². The van der Waals surface area contributed by atoms with Crippen LogP contribution in [0.15, 0.2) is 0 Å². The normalized spacial score (nSPS) is 14.6. The molecule has 0 amide bonds. The third-order valence-corrected chi connectivity index (χ3v) is 2.68. The minimum Gasteiger partial charge on any atom is -0.374 e. The number of hydrogen-bond donors (Lipinski definition) is 1. The van der Waals surface area contributed by atoms with Gasteiger partial charge in [-0.2, -0.15) is 26.3 Å². The molecule has 0 saturated carbocycles. The van der Waals surface area contributed by atoms with E-state index in [0.29, 0.717) is 0 Å². The number of halogens is 6. The van der Waals surface area contributed by atoms with Gasteiger partial charge in [0.05, 0.1) is 0 Å². The molecule has 0 aliphatic rings. The van der Waals surface area contributed by atoms with Crippen LogP contribution in [0, 0.1) is 5.92 Å². The van der Waals surface area contributed by atoms with Crippen LogP contribution < -0.4 is 0 Å². The average Bonchev–Trinajstić information content (AvgIpc) is 2.10. The molecule has 0 bridgehead atoms. The molecule has 0 saturated heterocycles. The molecule has 0 atom stereocenters. The standard InChI is InChI=1S/C9H14F6O/c1-3-6(4-2)5-7(16,8(10,11)12)9(13,14)15/h6,16H,3-5H2,1-2H3. The van der Waals surface area contributed by atoms with Crippen LogP contribution in [-0.4, -0.2) is 23.1 Å². The van der Waals surface area contributed by atoms with Gasteiger partial charge in [0.15, 0.2) is 0 Å². The van der Waals surface area contributed by atoms with Gasteiger partial charge in [-0.15, -0.1) is 0 Å². The predicted octanol–water partition coefficient (Wildman–Crippen LogP) is 3.67. The molecule has 0 aromatic heterocycles. The first-order valence-corrected chi connectivity index (χ1v) is 4.85. The molecule has 1 nitrogen and oxygen atoms in total. The fraction of sp³-hybridized carbons (Fsp3) is 1.00. The Hall–Kier alpha value is -0.460. The summed E-state index contributed by atoms with van der Waals surface area (Å²) in [5.41, 5.74) is -4.60. The maximum Gasteiger partial charge on any atom is 0.426 e. The summed E-state index contributed by atoms with van der Waals surface area (Å²) in [4.78, 5) is 0. The lowest BCUT2D eigenvalue weighted by molar-refractivity contribution is -0.372. The van der Waals surface area contributed by atoms with E-state index in [0.717, 1.165) is 0 Å². The molecule has 0 rings (SSSR count). The van der Waals surface area contributed by atoms with Gasteiger partial charge in [-0.05, 0) is 12.3 Å². The molecular weight excluding hydrogens is 238 g/mol. The van der Waals surface area contributed by atoms with E-state index in [1.165, 1.54) is 13.8 Å². The highest BCUT2D eigenvalue weighted by Gasteiger charge is 2.70. The predicted molar refractivity (Wildman–Crippen MR) is 45.7 cm³/mol. The zero-order valence-corrected chi connectivity index (χ0v) is 8.91. The Morgan fingerprint density at radius 1 is 0.875 bits per heavy atom. The Bertz CT molecular complexity index is 201. The molecule has 0 radical (unpaired) electrons. The maximum absolute atomic E-state index is 12.3. The van der Waals surface area contributed by atoms with Gasteiger partial charge in [0.1, 0.15) is 0 Å². The smallest absolute Gasteiger partial charge is 0.374 e. The highest BCUT2D eigenvalue weighted by molar-refractivity contribution is 4.95. The molecule has 7 heteroatoms. The van der Waals surface area contributed by atoms with Crippen LogP contribution in [0.3, 0.4) is 0 Å². The highest BCUT2D eigenvalue weighted by Crippen LogP contribution is 2.47. The Balaban J connectivity index is 5.12. The van der Waals surface area contributed by atoms with Crippen molar-refractivity contribution in [2.75, 3.05) is 0 Å². The minimum absolute atomic E-state index is 0.158. The molecule has 16 heavy (non-hydrogen) atoms. The number of aliphatic hydroxyl groups is 1. The molecule has 0 aliphatic heterocycles. The lowest BCUT2D eigenvalue weighted by Gasteiger charge is -2.34. The minimum atomic E-state index is -5.70. The van der Waals surface area contributed by atoms with Crippen molar-refractivity contribution in [1.82, 2.24) is 0 Å². The van der Waals surface area contributed by atoms with E-state index >= 15 is 0 Å². The summed E-state index contributed by atoms with van der Waals surface area (Å²) in [5.74, 6) is -0.812. The fourth-order valence-electron chi connectivity index (χ4n) is 1.39. The number of alkyl halides is 6. The molecule has 0 spiro atoms. The fourth-order valence-corrected chi connectivity index (χ4v) is 1.39. The van der Waals surface area contributed by atoms with Crippen LogP contribution >= 0.6 is 0 Å². The Morgan fingerprint density at radius 3 is 1.38 bits per heavy atom. The van der Waals surface area contributed by atoms with Crippen LogP contribution in [0.25, 0.3) is 0 Å². The molecule has 0 aromatic carbocycles. The molecular formula is C9H14F6O. The highest BCUT2D eigenvalue weighted by atomic mass is 19.4. The first kappa shape index (κ1) is 15.5. The maximum atomic E-state index is 12.3. The number of rotatable bonds is 4. The molecule has 0 aromatic rings. The summed E-state index contributed by atoms with van der Waals surface area (Å²) in [7, 11) is 0. The van der Waals surface area contributed by atoms with E-state index in [9.17, 15) is 26.3 Å². The van der Waals surface area contributed by atoms with E-state index < -0.39 is 30.3 Å². The van der Waals surface area contributed by atoms with E-state index in [4.69, 9.17) is 5.11 Å². The van der Waals surface area contributed by atoms with Crippen molar-refractivity contribution in [3.63, 3.8) is 0 Å². The second-order valence-corrected chi connectivity index (χ2v) is 3.74. The van der Waals surface area contributed by atoms with Gasteiger partial charge in [-0.3, -0.25) is 0 Å². The van der Waals surface area contributed by atoms with Crippen LogP contribution in [0.4, 0.5) is 26.3 Å². The van der Waals surface area contributed by atoms with Gasteiger partial charge in [-0.25, -0.2) is 0 Å². The molecule has 98 valence electrons. The lowest BCUT2D eigenvalue weighted by atomic mass is 9.86. The summed E-state index contributed by atoms with van der Waals surface area (Å²) in [6.07, 6.45) is -12.4. The molecule has 0 aliphatic carbocycles. The van der Waals surface area contributed by atoms with E-state index in [2.05, 4.69) is 0 Å². The average molecular weight is 252 g/mol. The van der Waals surface area contributed by atoms with Crippen LogP contribution in [-0.2, 0) is 0 Å². The SMILES string of the molecule is CCC(CC)CC(O)(C(F)(F)F)C(F)(F)F. The van der Waals surface area contributed by atoms with Crippen molar-refractivity contribution >= 4 is 0 Å². The van der Waals surface area contributed by atoms with Gasteiger partial charge in [0.2, 0.25) is 0 Å². The quantitative estimate of drug-likeness (QED) is 0.757. The number of hydrogen-bond acceptors (Lipinski definition) is 1. The van der Waals surface area contributed by atoms with Gasteiger partial charge >= 0.3 is 12.4 Å². The lowest BCUT2D eigenvalue weighted by Crippen LogP contribution is -2.57. The summed E-state index contributed by atoms with van der Waals surface area (Å²) < 4.78 is 73.6. The third kappa shape index (κ3) is 3.02. The Labute approximate surface area is 89.4 Å². The zero-order chi connectivity index (χ0) is 13.2. The largest absolute Gasteiger partial charge is 0.426 e. The molecule has 0 heterocycles. The summed E-state index contributed by atoms with van der Waals surface area (Å²) in [5, 5.41) is 8.87. The second-order valence-electron chi connectivity index (χ2n) is 3.74. The zero-order valence-electron chi connectivity index (χ0n) is 8.91. The van der Waals surface area contributed by atoms with Gasteiger partial charge in [0.25, 0.3) is 5.60 Å². The van der Waals surface area contributed by atoms with Crippen molar-refractivity contribution in [2.24, 2.45) is 5.92 Å². The van der Waals surface area contributed by atoms with Crippen molar-refractivity contribution in [2.45, 2.75) is 51.1 Å². The van der Waals surface area contributed by atoms with E-state index in [1.807, 2.05) is 0 Å². The Kier molecular flexibility index (Phi) is 4.67. The summed E-state index contributed by atoms with van der Waals surface area (Å²) in [6.45, 7) is 2.97. The molecule has 0 fully saturated rings. The third-order valence-electron chi connectivity index (χ3n) is 2.68. The van der Waals surface area contributed by atoms with E-state index in [1.54, 1.807) is 0 Å². The summed E-state index contributed by atoms with van der Waals surface area (Å²) >= 11 is 0.